The van der Waals surface area contributed by atoms with Gasteiger partial charge >= 0.3 is 0 Å². The third kappa shape index (κ3) is 3.52. The molecule has 2 heterocycles. The van der Waals surface area contributed by atoms with Gasteiger partial charge in [-0.15, -0.1) is 0 Å². The monoisotopic (exact) mass is 381 g/mol. The topological polar surface area (TPSA) is 53.9 Å². The van der Waals surface area contributed by atoms with Crippen LogP contribution in [0.4, 0.5) is 21.5 Å². The van der Waals surface area contributed by atoms with Gasteiger partial charge in [-0.05, 0) is 50.1 Å². The van der Waals surface area contributed by atoms with E-state index in [1.54, 1.807) is 18.3 Å². The Morgan fingerprint density at radius 1 is 1.21 bits per heavy atom. The predicted molar refractivity (Wildman–Crippen MR) is 109 cm³/mol. The molecule has 2 aliphatic heterocycles. The highest BCUT2D eigenvalue weighted by Crippen LogP contribution is 2.34. The molecule has 28 heavy (non-hydrogen) atoms. The Kier molecular flexibility index (Phi) is 4.89. The molecule has 2 aromatic rings. The van der Waals surface area contributed by atoms with Crippen molar-refractivity contribution in [2.24, 2.45) is 4.99 Å². The maximum Gasteiger partial charge on any atom is 0.237 e. The second kappa shape index (κ2) is 7.36. The molecule has 2 aliphatic rings. The summed E-state index contributed by atoms with van der Waals surface area (Å²) in [6.07, 6.45) is 1.72. The summed E-state index contributed by atoms with van der Waals surface area (Å²) in [5, 5.41) is 2.87. The molecule has 1 N–H and O–H groups in total. The van der Waals surface area contributed by atoms with Gasteiger partial charge in [0, 0.05) is 31.1 Å². The number of anilines is 2. The van der Waals surface area contributed by atoms with Crippen LogP contribution in [-0.2, 0) is 9.53 Å². The number of aliphatic imine (C=N–C) groups is 1. The molecule has 5 nitrogen and oxygen atoms in total. The number of amides is 1. The Balaban J connectivity index is 1.55. The summed E-state index contributed by atoms with van der Waals surface area (Å²) in [7, 11) is 0. The van der Waals surface area contributed by atoms with E-state index in [0.717, 1.165) is 16.8 Å². The third-order valence-corrected chi connectivity index (χ3v) is 5.24. The number of fused-ring (bicyclic) bond motifs is 1. The van der Waals surface area contributed by atoms with Crippen LogP contribution in [0.1, 0.15) is 30.9 Å². The zero-order valence-corrected chi connectivity index (χ0v) is 16.3. The van der Waals surface area contributed by atoms with Crippen molar-refractivity contribution in [3.8, 4) is 0 Å². The average molecular weight is 381 g/mol. The quantitative estimate of drug-likeness (QED) is 0.812. The normalized spacial score (nSPS) is 24.5. The van der Waals surface area contributed by atoms with Crippen LogP contribution < -0.4 is 10.2 Å². The number of nitrogens with zero attached hydrogens (tertiary/aromatic N) is 2. The number of nitrogens with one attached hydrogen (secondary N) is 1. The molecular weight excluding hydrogens is 357 g/mol. The number of halogens is 1. The fourth-order valence-corrected chi connectivity index (χ4v) is 4.05. The summed E-state index contributed by atoms with van der Waals surface area (Å²) < 4.78 is 20.5. The molecule has 0 aromatic heterocycles. The molecule has 0 spiro atoms. The maximum absolute atomic E-state index is 14.7. The number of rotatable bonds is 3. The Morgan fingerprint density at radius 3 is 2.68 bits per heavy atom. The molecule has 2 aromatic carbocycles. The molecule has 3 unspecified atom stereocenters. The number of morpholine rings is 1. The van der Waals surface area contributed by atoms with Crippen molar-refractivity contribution in [2.45, 2.75) is 38.9 Å². The summed E-state index contributed by atoms with van der Waals surface area (Å²) in [6, 6.07) is 10.7. The van der Waals surface area contributed by atoms with E-state index in [9.17, 15) is 9.18 Å². The van der Waals surface area contributed by atoms with Crippen molar-refractivity contribution in [3.63, 3.8) is 0 Å². The largest absolute Gasteiger partial charge is 0.372 e. The van der Waals surface area contributed by atoms with Crippen LogP contribution in [0.15, 0.2) is 41.4 Å². The van der Waals surface area contributed by atoms with Crippen molar-refractivity contribution in [1.29, 1.82) is 0 Å². The SMILES string of the molecule is Cc1cccc2c1C(C=Nc1ccc(N3CC(C)OC(C)C3)c(F)c1)C(=O)N2. The Bertz CT molecular complexity index is 933. The van der Waals surface area contributed by atoms with Crippen LogP contribution in [-0.4, -0.2) is 37.4 Å². The Labute approximate surface area is 164 Å². The van der Waals surface area contributed by atoms with Gasteiger partial charge in [0.15, 0.2) is 0 Å². The summed E-state index contributed by atoms with van der Waals surface area (Å²) in [5.74, 6) is -0.885. The van der Waals surface area contributed by atoms with E-state index in [0.29, 0.717) is 24.5 Å². The van der Waals surface area contributed by atoms with E-state index >= 15 is 0 Å². The maximum atomic E-state index is 14.7. The van der Waals surface area contributed by atoms with Crippen LogP contribution in [0.25, 0.3) is 0 Å². The first kappa shape index (κ1) is 18.6. The zero-order chi connectivity index (χ0) is 19.8. The third-order valence-electron chi connectivity index (χ3n) is 5.24. The lowest BCUT2D eigenvalue weighted by Gasteiger charge is -2.37. The number of ether oxygens (including phenoxy) is 1. The number of aryl methyl sites for hydroxylation is 1. The second-order valence-electron chi connectivity index (χ2n) is 7.58. The summed E-state index contributed by atoms with van der Waals surface area (Å²) in [4.78, 5) is 18.7. The van der Waals surface area contributed by atoms with Crippen molar-refractivity contribution in [3.05, 3.63) is 53.3 Å². The number of carbonyl (C=O) groups is 1. The van der Waals surface area contributed by atoms with Crippen LogP contribution in [0.5, 0.6) is 0 Å². The first-order chi connectivity index (χ1) is 13.4. The van der Waals surface area contributed by atoms with Crippen molar-refractivity contribution in [1.82, 2.24) is 0 Å². The number of carbonyl (C=O) groups excluding carboxylic acids is 1. The van der Waals surface area contributed by atoms with E-state index in [4.69, 9.17) is 4.74 Å². The summed E-state index contributed by atoms with van der Waals surface area (Å²) in [6.45, 7) is 7.26. The minimum atomic E-state index is -0.458. The van der Waals surface area contributed by atoms with E-state index in [1.165, 1.54) is 6.07 Å². The molecule has 6 heteroatoms. The molecule has 0 saturated carbocycles. The van der Waals surface area contributed by atoms with Gasteiger partial charge in [-0.25, -0.2) is 4.39 Å². The Hall–Kier alpha value is -2.73. The predicted octanol–water partition coefficient (Wildman–Crippen LogP) is 4.19. The lowest BCUT2D eigenvalue weighted by molar-refractivity contribution is -0.115. The van der Waals surface area contributed by atoms with Crippen molar-refractivity contribution < 1.29 is 13.9 Å². The van der Waals surface area contributed by atoms with Gasteiger partial charge < -0.3 is 15.0 Å². The van der Waals surface area contributed by atoms with Crippen LogP contribution in [0.3, 0.4) is 0 Å². The number of hydrogen-bond acceptors (Lipinski definition) is 4. The van der Waals surface area contributed by atoms with Gasteiger partial charge in [0.1, 0.15) is 11.7 Å². The minimum Gasteiger partial charge on any atom is -0.372 e. The molecule has 0 radical (unpaired) electrons. The standard InChI is InChI=1S/C22H24FN3O2/c1-13-5-4-6-19-21(13)17(22(27)25-19)10-24-16-7-8-20(18(23)9-16)26-11-14(2)28-15(3)12-26/h4-10,14-15,17H,11-12H2,1-3H3,(H,25,27). The molecule has 1 fully saturated rings. The number of benzene rings is 2. The van der Waals surface area contributed by atoms with Crippen LogP contribution >= 0.6 is 0 Å². The molecule has 0 aliphatic carbocycles. The van der Waals surface area contributed by atoms with Gasteiger partial charge in [0.25, 0.3) is 0 Å². The van der Waals surface area contributed by atoms with Crippen LogP contribution in [0.2, 0.25) is 0 Å². The van der Waals surface area contributed by atoms with Gasteiger partial charge in [-0.3, -0.25) is 9.79 Å². The van der Waals surface area contributed by atoms with E-state index in [2.05, 4.69) is 10.3 Å². The highest BCUT2D eigenvalue weighted by atomic mass is 19.1. The van der Waals surface area contributed by atoms with Crippen LogP contribution in [0, 0.1) is 12.7 Å². The number of hydrogen-bond donors (Lipinski definition) is 1. The molecule has 3 atom stereocenters. The minimum absolute atomic E-state index is 0.0602. The zero-order valence-electron chi connectivity index (χ0n) is 16.3. The molecule has 146 valence electrons. The van der Waals surface area contributed by atoms with Crippen molar-refractivity contribution >= 4 is 29.2 Å². The van der Waals surface area contributed by atoms with E-state index in [1.807, 2.05) is 43.9 Å². The molecule has 1 amide bonds. The fourth-order valence-electron chi connectivity index (χ4n) is 4.05. The lowest BCUT2D eigenvalue weighted by atomic mass is 9.97. The van der Waals surface area contributed by atoms with E-state index in [-0.39, 0.29) is 23.9 Å². The smallest absolute Gasteiger partial charge is 0.237 e. The van der Waals surface area contributed by atoms with Gasteiger partial charge in [0.2, 0.25) is 5.91 Å². The first-order valence-corrected chi connectivity index (χ1v) is 9.57. The second-order valence-corrected chi connectivity index (χ2v) is 7.58. The Morgan fingerprint density at radius 2 is 1.96 bits per heavy atom. The van der Waals surface area contributed by atoms with Gasteiger partial charge in [0.05, 0.1) is 23.6 Å². The highest BCUT2D eigenvalue weighted by Gasteiger charge is 2.30. The van der Waals surface area contributed by atoms with Gasteiger partial charge in [-0.1, -0.05) is 12.1 Å². The van der Waals surface area contributed by atoms with Gasteiger partial charge in [-0.2, -0.15) is 0 Å². The van der Waals surface area contributed by atoms with Crippen molar-refractivity contribution in [2.75, 3.05) is 23.3 Å². The molecular formula is C22H24FN3O2. The molecule has 0 bridgehead atoms. The van der Waals surface area contributed by atoms with E-state index < -0.39 is 5.92 Å². The summed E-state index contributed by atoms with van der Waals surface area (Å²) >= 11 is 0. The molecule has 4 rings (SSSR count). The summed E-state index contributed by atoms with van der Waals surface area (Å²) in [5.41, 5.74) is 3.83. The average Bonchev–Trinajstić information content (AvgIpc) is 2.95. The highest BCUT2D eigenvalue weighted by molar-refractivity contribution is 6.13. The first-order valence-electron chi connectivity index (χ1n) is 9.57. The molecule has 1 saturated heterocycles. The lowest BCUT2D eigenvalue weighted by Crippen LogP contribution is -2.45. The fraction of sp³-hybridized carbons (Fsp3) is 0.364.